The molecular formula is C22H34N2O3. The summed E-state index contributed by atoms with van der Waals surface area (Å²) in [5.41, 5.74) is 2.89. The zero-order chi connectivity index (χ0) is 19.3. The molecule has 1 amide bonds. The summed E-state index contributed by atoms with van der Waals surface area (Å²) >= 11 is 0. The maximum atomic E-state index is 12.2. The van der Waals surface area contributed by atoms with Gasteiger partial charge in [-0.25, -0.2) is 0 Å². The van der Waals surface area contributed by atoms with E-state index in [2.05, 4.69) is 36.9 Å². The minimum absolute atomic E-state index is 0.293. The molecule has 0 aromatic heterocycles. The highest BCUT2D eigenvalue weighted by molar-refractivity contribution is 5.77. The number of carbonyl (C=O) groups is 1. The molecule has 5 heteroatoms. The number of likely N-dealkylation sites (tertiary alicyclic amines) is 2. The number of carbonyl (C=O) groups excluding carboxylic acids is 1. The standard InChI is InChI=1S/C22H34N2O3/c1-18-4-5-20(16-19(18)2)27-15-12-23-10-8-22(9-11-23)7-6-21(25)24(17-22)13-14-26-3/h4-5,16H,6-15,17H2,1-3H3. The zero-order valence-corrected chi connectivity index (χ0v) is 17.1. The van der Waals surface area contributed by atoms with E-state index in [0.717, 1.165) is 51.5 Å². The number of nitrogens with zero attached hydrogens (tertiary/aromatic N) is 2. The van der Waals surface area contributed by atoms with Gasteiger partial charge in [0.05, 0.1) is 6.61 Å². The van der Waals surface area contributed by atoms with Crippen LogP contribution in [0.15, 0.2) is 18.2 Å². The molecule has 2 fully saturated rings. The van der Waals surface area contributed by atoms with Gasteiger partial charge in [-0.05, 0) is 74.9 Å². The number of methoxy groups -OCH3 is 1. The van der Waals surface area contributed by atoms with Gasteiger partial charge in [0.25, 0.3) is 0 Å². The van der Waals surface area contributed by atoms with Crippen molar-refractivity contribution in [2.45, 2.75) is 39.5 Å². The molecule has 1 aromatic carbocycles. The van der Waals surface area contributed by atoms with E-state index in [4.69, 9.17) is 9.47 Å². The molecule has 0 unspecified atom stereocenters. The van der Waals surface area contributed by atoms with Gasteiger partial charge in [-0.3, -0.25) is 9.69 Å². The Morgan fingerprint density at radius 1 is 1.04 bits per heavy atom. The van der Waals surface area contributed by atoms with Crippen molar-refractivity contribution in [3.63, 3.8) is 0 Å². The predicted molar refractivity (Wildman–Crippen MR) is 107 cm³/mol. The van der Waals surface area contributed by atoms with E-state index in [-0.39, 0.29) is 0 Å². The first-order valence-electron chi connectivity index (χ1n) is 10.2. The zero-order valence-electron chi connectivity index (χ0n) is 17.1. The molecule has 2 saturated heterocycles. The largest absolute Gasteiger partial charge is 0.492 e. The molecule has 5 nitrogen and oxygen atoms in total. The lowest BCUT2D eigenvalue weighted by molar-refractivity contribution is -0.139. The number of hydrogen-bond donors (Lipinski definition) is 0. The van der Waals surface area contributed by atoms with E-state index in [9.17, 15) is 4.79 Å². The fourth-order valence-corrected chi connectivity index (χ4v) is 4.26. The summed E-state index contributed by atoms with van der Waals surface area (Å²) in [6.07, 6.45) is 4.09. The van der Waals surface area contributed by atoms with Crippen LogP contribution in [0.25, 0.3) is 0 Å². The second kappa shape index (κ2) is 9.07. The second-order valence-corrected chi connectivity index (χ2v) is 8.24. The Balaban J connectivity index is 1.43. The lowest BCUT2D eigenvalue weighted by Crippen LogP contribution is -2.52. The van der Waals surface area contributed by atoms with E-state index >= 15 is 0 Å². The maximum absolute atomic E-state index is 12.2. The predicted octanol–water partition coefficient (Wildman–Crippen LogP) is 3.03. The Bertz CT molecular complexity index is 638. The lowest BCUT2D eigenvalue weighted by atomic mass is 9.72. The molecule has 1 spiro atoms. The first kappa shape index (κ1) is 20.2. The number of hydrogen-bond acceptors (Lipinski definition) is 4. The molecule has 1 aromatic rings. The first-order chi connectivity index (χ1) is 13.0. The van der Waals surface area contributed by atoms with Crippen LogP contribution in [0.4, 0.5) is 0 Å². The van der Waals surface area contributed by atoms with Gasteiger partial charge in [-0.2, -0.15) is 0 Å². The molecule has 0 aliphatic carbocycles. The average Bonchev–Trinajstić information content (AvgIpc) is 2.67. The molecule has 2 aliphatic rings. The normalized spacial score (nSPS) is 20.3. The molecular weight excluding hydrogens is 340 g/mol. The molecule has 0 atom stereocenters. The third-order valence-electron chi connectivity index (χ3n) is 6.38. The number of rotatable bonds is 7. The number of piperidine rings is 2. The van der Waals surface area contributed by atoms with Crippen LogP contribution in [-0.2, 0) is 9.53 Å². The molecule has 0 bridgehead atoms. The fourth-order valence-electron chi connectivity index (χ4n) is 4.26. The average molecular weight is 375 g/mol. The van der Waals surface area contributed by atoms with Crippen molar-refractivity contribution in [2.24, 2.45) is 5.41 Å². The van der Waals surface area contributed by atoms with Crippen LogP contribution in [0, 0.1) is 19.3 Å². The van der Waals surface area contributed by atoms with E-state index in [0.29, 0.717) is 24.3 Å². The van der Waals surface area contributed by atoms with Gasteiger partial charge in [0.1, 0.15) is 12.4 Å². The van der Waals surface area contributed by atoms with Gasteiger partial charge in [0, 0.05) is 33.2 Å². The molecule has 3 rings (SSSR count). The molecule has 2 aliphatic heterocycles. The minimum Gasteiger partial charge on any atom is -0.492 e. The van der Waals surface area contributed by atoms with Gasteiger partial charge in [0.15, 0.2) is 0 Å². The van der Waals surface area contributed by atoms with Crippen LogP contribution in [0.1, 0.15) is 36.8 Å². The van der Waals surface area contributed by atoms with Crippen LogP contribution in [-0.4, -0.2) is 68.8 Å². The van der Waals surface area contributed by atoms with E-state index < -0.39 is 0 Å². The minimum atomic E-state index is 0.293. The molecule has 0 saturated carbocycles. The van der Waals surface area contributed by atoms with Crippen LogP contribution in [0.5, 0.6) is 5.75 Å². The Hall–Kier alpha value is -1.59. The SMILES string of the molecule is COCCN1CC2(CCC1=O)CCN(CCOc1ccc(C)c(C)c1)CC2. The summed E-state index contributed by atoms with van der Waals surface area (Å²) in [6, 6.07) is 6.30. The lowest BCUT2D eigenvalue weighted by Gasteiger charge is -2.47. The van der Waals surface area contributed by atoms with Crippen molar-refractivity contribution in [1.29, 1.82) is 0 Å². The smallest absolute Gasteiger partial charge is 0.222 e. The van der Waals surface area contributed by atoms with Crippen LogP contribution in [0.2, 0.25) is 0 Å². The molecule has 150 valence electrons. The monoisotopic (exact) mass is 374 g/mol. The van der Waals surface area contributed by atoms with Crippen molar-refractivity contribution < 1.29 is 14.3 Å². The van der Waals surface area contributed by atoms with Gasteiger partial charge >= 0.3 is 0 Å². The Labute approximate surface area is 163 Å². The Morgan fingerprint density at radius 3 is 2.52 bits per heavy atom. The molecule has 27 heavy (non-hydrogen) atoms. The molecule has 0 radical (unpaired) electrons. The van der Waals surface area contributed by atoms with E-state index in [1.54, 1.807) is 7.11 Å². The quantitative estimate of drug-likeness (QED) is 0.736. The Morgan fingerprint density at radius 2 is 1.81 bits per heavy atom. The summed E-state index contributed by atoms with van der Waals surface area (Å²) in [5, 5.41) is 0. The van der Waals surface area contributed by atoms with Crippen LogP contribution >= 0.6 is 0 Å². The van der Waals surface area contributed by atoms with E-state index in [1.807, 2.05) is 4.90 Å². The van der Waals surface area contributed by atoms with Gasteiger partial charge in [-0.15, -0.1) is 0 Å². The second-order valence-electron chi connectivity index (χ2n) is 8.24. The number of ether oxygens (including phenoxy) is 2. The molecule has 0 N–H and O–H groups in total. The van der Waals surface area contributed by atoms with E-state index in [1.165, 1.54) is 24.0 Å². The summed E-state index contributed by atoms with van der Waals surface area (Å²) in [6.45, 7) is 10.4. The number of amides is 1. The number of aryl methyl sites for hydroxylation is 2. The highest BCUT2D eigenvalue weighted by Gasteiger charge is 2.40. The van der Waals surface area contributed by atoms with Crippen molar-refractivity contribution in [3.05, 3.63) is 29.3 Å². The summed E-state index contributed by atoms with van der Waals surface area (Å²) in [5.74, 6) is 1.26. The highest BCUT2D eigenvalue weighted by Crippen LogP contribution is 2.40. The van der Waals surface area contributed by atoms with Crippen LogP contribution < -0.4 is 4.74 Å². The van der Waals surface area contributed by atoms with Crippen molar-refractivity contribution >= 4 is 5.91 Å². The van der Waals surface area contributed by atoms with Gasteiger partial charge in [0.2, 0.25) is 5.91 Å². The maximum Gasteiger partial charge on any atom is 0.222 e. The van der Waals surface area contributed by atoms with Crippen molar-refractivity contribution in [1.82, 2.24) is 9.80 Å². The van der Waals surface area contributed by atoms with Crippen molar-refractivity contribution in [2.75, 3.05) is 53.0 Å². The topological polar surface area (TPSA) is 42.0 Å². The third kappa shape index (κ3) is 5.23. The fraction of sp³-hybridized carbons (Fsp3) is 0.682. The van der Waals surface area contributed by atoms with Gasteiger partial charge in [-0.1, -0.05) is 6.07 Å². The van der Waals surface area contributed by atoms with Crippen molar-refractivity contribution in [3.8, 4) is 5.75 Å². The highest BCUT2D eigenvalue weighted by atomic mass is 16.5. The Kier molecular flexibility index (Phi) is 6.77. The summed E-state index contributed by atoms with van der Waals surface area (Å²) < 4.78 is 11.1. The summed E-state index contributed by atoms with van der Waals surface area (Å²) in [4.78, 5) is 16.7. The van der Waals surface area contributed by atoms with Gasteiger partial charge < -0.3 is 14.4 Å². The number of benzene rings is 1. The summed E-state index contributed by atoms with van der Waals surface area (Å²) in [7, 11) is 1.70. The third-order valence-corrected chi connectivity index (χ3v) is 6.38. The van der Waals surface area contributed by atoms with Crippen LogP contribution in [0.3, 0.4) is 0 Å². The first-order valence-corrected chi connectivity index (χ1v) is 10.2. The molecule has 2 heterocycles.